The van der Waals surface area contributed by atoms with Crippen molar-refractivity contribution in [2.75, 3.05) is 19.6 Å². The van der Waals surface area contributed by atoms with Crippen molar-refractivity contribution in [2.24, 2.45) is 0 Å². The zero-order valence-corrected chi connectivity index (χ0v) is 11.2. The van der Waals surface area contributed by atoms with Gasteiger partial charge in [-0.1, -0.05) is 13.8 Å². The van der Waals surface area contributed by atoms with Crippen LogP contribution in [0, 0.1) is 0 Å². The molecule has 2 amide bonds. The summed E-state index contributed by atoms with van der Waals surface area (Å²) in [5, 5.41) is 2.31. The topological polar surface area (TPSA) is 49.4 Å². The molecule has 0 radical (unpaired) electrons. The number of carbonyl (C=O) groups excluding carboxylic acids is 2. The monoisotopic (exact) mass is 304 g/mol. The van der Waals surface area contributed by atoms with Gasteiger partial charge in [0.05, 0.1) is 6.54 Å². The summed E-state index contributed by atoms with van der Waals surface area (Å²) in [4.78, 5) is 22.8. The molecule has 1 N–H and O–H groups in total. The first-order valence-corrected chi connectivity index (χ1v) is 6.08. The second-order valence-electron chi connectivity index (χ2n) is 4.15. The molecule has 0 spiro atoms. The van der Waals surface area contributed by atoms with Gasteiger partial charge in [0, 0.05) is 13.1 Å². The summed E-state index contributed by atoms with van der Waals surface area (Å²) in [6.07, 6.45) is -5.25. The van der Waals surface area contributed by atoms with Crippen LogP contribution in [-0.2, 0) is 9.59 Å². The van der Waals surface area contributed by atoms with Gasteiger partial charge >= 0.3 is 18.0 Å². The Labute approximate surface area is 113 Å². The first-order valence-electron chi connectivity index (χ1n) is 6.08. The predicted molar refractivity (Wildman–Crippen MR) is 61.2 cm³/mol. The fourth-order valence-corrected chi connectivity index (χ4v) is 1.34. The van der Waals surface area contributed by atoms with Crippen molar-refractivity contribution >= 4 is 11.8 Å². The zero-order chi connectivity index (χ0) is 16.0. The summed E-state index contributed by atoms with van der Waals surface area (Å²) < 4.78 is 62.3. The van der Waals surface area contributed by atoms with Crippen LogP contribution >= 0.6 is 0 Å². The lowest BCUT2D eigenvalue weighted by Crippen LogP contribution is -2.54. The summed E-state index contributed by atoms with van der Waals surface area (Å²) in [7, 11) is 0. The van der Waals surface area contributed by atoms with Crippen LogP contribution in [0.1, 0.15) is 26.7 Å². The van der Waals surface area contributed by atoms with Crippen LogP contribution in [0.4, 0.5) is 22.0 Å². The molecule has 0 bridgehead atoms. The molecule has 0 saturated carbocycles. The van der Waals surface area contributed by atoms with Crippen molar-refractivity contribution in [3.63, 3.8) is 0 Å². The third-order valence-electron chi connectivity index (χ3n) is 2.31. The van der Waals surface area contributed by atoms with E-state index in [2.05, 4.69) is 5.32 Å². The fraction of sp³-hybridized carbons (Fsp3) is 0.818. The fourth-order valence-electron chi connectivity index (χ4n) is 1.34. The van der Waals surface area contributed by atoms with Gasteiger partial charge in [0.1, 0.15) is 0 Å². The molecule has 0 saturated heterocycles. The third-order valence-corrected chi connectivity index (χ3v) is 2.31. The van der Waals surface area contributed by atoms with E-state index in [9.17, 15) is 31.5 Å². The van der Waals surface area contributed by atoms with Gasteiger partial charge < -0.3 is 10.2 Å². The SMILES string of the molecule is CCCNC(=O)CN(CCC)C(=O)C(F)(F)C(F)(F)F. The standard InChI is InChI=1S/C11H17F5N2O2/c1-3-5-17-8(19)7-18(6-4-2)9(20)10(12,13)11(14,15)16/h3-7H2,1-2H3,(H,17,19). The number of hydrogen-bond donors (Lipinski definition) is 1. The van der Waals surface area contributed by atoms with Crippen LogP contribution < -0.4 is 5.32 Å². The molecule has 0 heterocycles. The van der Waals surface area contributed by atoms with Crippen LogP contribution in [-0.4, -0.2) is 48.4 Å². The predicted octanol–water partition coefficient (Wildman–Crippen LogP) is 1.95. The van der Waals surface area contributed by atoms with Crippen molar-refractivity contribution in [2.45, 2.75) is 38.8 Å². The number of nitrogens with one attached hydrogen (secondary N) is 1. The zero-order valence-electron chi connectivity index (χ0n) is 11.2. The normalized spacial score (nSPS) is 12.2. The molecule has 0 fully saturated rings. The minimum Gasteiger partial charge on any atom is -0.355 e. The Morgan fingerprint density at radius 3 is 2.00 bits per heavy atom. The maximum absolute atomic E-state index is 13.0. The lowest BCUT2D eigenvalue weighted by atomic mass is 10.2. The molecule has 0 rings (SSSR count). The van der Waals surface area contributed by atoms with Gasteiger partial charge in [0.2, 0.25) is 5.91 Å². The van der Waals surface area contributed by atoms with Gasteiger partial charge in [-0.05, 0) is 12.8 Å². The Balaban J connectivity index is 4.91. The summed E-state index contributed by atoms with van der Waals surface area (Å²) >= 11 is 0. The van der Waals surface area contributed by atoms with E-state index in [4.69, 9.17) is 0 Å². The highest BCUT2D eigenvalue weighted by molar-refractivity contribution is 5.89. The highest BCUT2D eigenvalue weighted by Gasteiger charge is 2.64. The molecule has 0 aromatic rings. The van der Waals surface area contributed by atoms with Gasteiger partial charge in [-0.2, -0.15) is 22.0 Å². The quantitative estimate of drug-likeness (QED) is 0.731. The molecule has 0 unspecified atom stereocenters. The molecule has 0 aliphatic rings. The Morgan fingerprint density at radius 1 is 1.05 bits per heavy atom. The average molecular weight is 304 g/mol. The van der Waals surface area contributed by atoms with Crippen molar-refractivity contribution < 1.29 is 31.5 Å². The maximum atomic E-state index is 13.0. The van der Waals surface area contributed by atoms with Crippen LogP contribution in [0.2, 0.25) is 0 Å². The minimum atomic E-state index is -5.98. The Bertz CT molecular complexity index is 344. The number of halogens is 5. The first kappa shape index (κ1) is 18.6. The summed E-state index contributed by atoms with van der Waals surface area (Å²) in [5.41, 5.74) is 0. The van der Waals surface area contributed by atoms with Crippen LogP contribution in [0.25, 0.3) is 0 Å². The number of rotatable bonds is 7. The number of hydrogen-bond acceptors (Lipinski definition) is 2. The Hall–Kier alpha value is -1.41. The lowest BCUT2D eigenvalue weighted by Gasteiger charge is -2.27. The molecular formula is C11H17F5N2O2. The second kappa shape index (κ2) is 7.39. The molecule has 0 aliphatic heterocycles. The molecule has 0 aromatic carbocycles. The van der Waals surface area contributed by atoms with Crippen LogP contribution in [0.5, 0.6) is 0 Å². The van der Waals surface area contributed by atoms with Crippen molar-refractivity contribution in [3.05, 3.63) is 0 Å². The minimum absolute atomic E-state index is 0.154. The highest BCUT2D eigenvalue weighted by Crippen LogP contribution is 2.36. The molecule has 0 aliphatic carbocycles. The molecule has 20 heavy (non-hydrogen) atoms. The van der Waals surface area contributed by atoms with Crippen molar-refractivity contribution in [1.82, 2.24) is 10.2 Å². The van der Waals surface area contributed by atoms with E-state index in [1.54, 1.807) is 6.92 Å². The molecule has 4 nitrogen and oxygen atoms in total. The highest BCUT2D eigenvalue weighted by atomic mass is 19.4. The molecule has 0 aromatic heterocycles. The summed E-state index contributed by atoms with van der Waals surface area (Å²) in [6, 6.07) is 0. The Kier molecular flexibility index (Phi) is 6.87. The molecule has 9 heteroatoms. The second-order valence-corrected chi connectivity index (χ2v) is 4.15. The average Bonchev–Trinajstić information content (AvgIpc) is 2.33. The van der Waals surface area contributed by atoms with E-state index in [-0.39, 0.29) is 24.4 Å². The summed E-state index contributed by atoms with van der Waals surface area (Å²) in [5.74, 6) is -8.67. The summed E-state index contributed by atoms with van der Waals surface area (Å²) in [6.45, 7) is 2.31. The third kappa shape index (κ3) is 4.93. The van der Waals surface area contributed by atoms with E-state index in [0.717, 1.165) is 0 Å². The molecule has 118 valence electrons. The van der Waals surface area contributed by atoms with Gasteiger partial charge in [0.25, 0.3) is 0 Å². The van der Waals surface area contributed by atoms with Gasteiger partial charge in [0.15, 0.2) is 0 Å². The van der Waals surface area contributed by atoms with E-state index in [1.807, 2.05) is 0 Å². The van der Waals surface area contributed by atoms with Crippen molar-refractivity contribution in [3.8, 4) is 0 Å². The number of alkyl halides is 5. The largest absolute Gasteiger partial charge is 0.463 e. The van der Waals surface area contributed by atoms with E-state index in [1.165, 1.54) is 6.92 Å². The van der Waals surface area contributed by atoms with Gasteiger partial charge in [-0.15, -0.1) is 0 Å². The Morgan fingerprint density at radius 2 is 1.60 bits per heavy atom. The van der Waals surface area contributed by atoms with Crippen molar-refractivity contribution in [1.29, 1.82) is 0 Å². The maximum Gasteiger partial charge on any atom is 0.463 e. The molecular weight excluding hydrogens is 287 g/mol. The van der Waals surface area contributed by atoms with E-state index < -0.39 is 30.5 Å². The van der Waals surface area contributed by atoms with Gasteiger partial charge in [-0.3, -0.25) is 9.59 Å². The number of nitrogens with zero attached hydrogens (tertiary/aromatic N) is 1. The number of carbonyl (C=O) groups is 2. The van der Waals surface area contributed by atoms with E-state index in [0.29, 0.717) is 6.42 Å². The smallest absolute Gasteiger partial charge is 0.355 e. The van der Waals surface area contributed by atoms with Gasteiger partial charge in [-0.25, -0.2) is 0 Å². The van der Waals surface area contributed by atoms with E-state index >= 15 is 0 Å². The lowest BCUT2D eigenvalue weighted by molar-refractivity contribution is -0.274. The number of amides is 2. The first-order chi connectivity index (χ1) is 9.07. The van der Waals surface area contributed by atoms with Crippen LogP contribution in [0.15, 0.2) is 0 Å². The molecule has 0 atom stereocenters. The van der Waals surface area contributed by atoms with Crippen LogP contribution in [0.3, 0.4) is 0 Å².